The molecule has 2 aromatic carbocycles. The number of hydrogen-bond acceptors (Lipinski definition) is 7. The molecular formula is C23H22N4O4S2. The number of anilines is 1. The third-order valence-electron chi connectivity index (χ3n) is 5.04. The quantitative estimate of drug-likeness (QED) is 0.238. The van der Waals surface area contributed by atoms with Crippen molar-refractivity contribution in [3.8, 4) is 5.69 Å². The van der Waals surface area contributed by atoms with Gasteiger partial charge in [0.2, 0.25) is 5.91 Å². The Morgan fingerprint density at radius 1 is 1.24 bits per heavy atom. The Morgan fingerprint density at radius 2 is 1.91 bits per heavy atom. The first-order valence-electron chi connectivity index (χ1n) is 10.3. The van der Waals surface area contributed by atoms with Gasteiger partial charge in [-0.15, -0.1) is 11.8 Å². The maximum absolute atomic E-state index is 13.4. The van der Waals surface area contributed by atoms with Crippen LogP contribution in [0.3, 0.4) is 0 Å². The average Bonchev–Trinajstić information content (AvgIpc) is 3.12. The smallest absolute Gasteiger partial charge is 0.272 e. The van der Waals surface area contributed by atoms with Crippen LogP contribution >= 0.6 is 23.5 Å². The number of thioether (sulfide) groups is 2. The van der Waals surface area contributed by atoms with Crippen LogP contribution in [0.15, 0.2) is 57.3 Å². The van der Waals surface area contributed by atoms with Crippen molar-refractivity contribution in [2.75, 3.05) is 11.1 Å². The van der Waals surface area contributed by atoms with Crippen molar-refractivity contribution in [3.05, 3.63) is 79.8 Å². The van der Waals surface area contributed by atoms with Gasteiger partial charge in [0.1, 0.15) is 0 Å². The number of nitro benzene ring substituents is 1. The van der Waals surface area contributed by atoms with Crippen molar-refractivity contribution in [1.29, 1.82) is 0 Å². The number of rotatable bonds is 6. The Balaban J connectivity index is 1.61. The topological polar surface area (TPSA) is 107 Å². The molecule has 4 rings (SSSR count). The number of benzene rings is 2. The van der Waals surface area contributed by atoms with Crippen molar-refractivity contribution < 1.29 is 9.72 Å². The summed E-state index contributed by atoms with van der Waals surface area (Å²) in [6.45, 7) is 6.02. The van der Waals surface area contributed by atoms with E-state index in [0.717, 1.165) is 22.5 Å². The second kappa shape index (κ2) is 9.40. The van der Waals surface area contributed by atoms with Crippen LogP contribution in [0.5, 0.6) is 0 Å². The zero-order valence-electron chi connectivity index (χ0n) is 18.3. The van der Waals surface area contributed by atoms with E-state index in [1.807, 2.05) is 32.0 Å². The molecule has 0 bridgehead atoms. The van der Waals surface area contributed by atoms with Gasteiger partial charge >= 0.3 is 0 Å². The molecule has 3 aromatic rings. The lowest BCUT2D eigenvalue weighted by molar-refractivity contribution is -0.384. The van der Waals surface area contributed by atoms with Gasteiger partial charge in [-0.25, -0.2) is 4.98 Å². The van der Waals surface area contributed by atoms with Gasteiger partial charge in [0.05, 0.1) is 27.0 Å². The van der Waals surface area contributed by atoms with Crippen molar-refractivity contribution >= 4 is 40.8 Å². The summed E-state index contributed by atoms with van der Waals surface area (Å²) in [4.78, 5) is 41.7. The fourth-order valence-electron chi connectivity index (χ4n) is 3.70. The Hall–Kier alpha value is -3.11. The molecule has 33 heavy (non-hydrogen) atoms. The molecule has 0 saturated carbocycles. The van der Waals surface area contributed by atoms with Crippen molar-refractivity contribution in [3.63, 3.8) is 0 Å². The number of aryl methyl sites for hydroxylation is 2. The van der Waals surface area contributed by atoms with Gasteiger partial charge in [-0.2, -0.15) is 0 Å². The number of aromatic nitrogens is 2. The molecule has 10 heteroatoms. The fourth-order valence-corrected chi connectivity index (χ4v) is 5.62. The van der Waals surface area contributed by atoms with E-state index < -0.39 is 4.92 Å². The molecule has 1 atom stereocenters. The van der Waals surface area contributed by atoms with Crippen LogP contribution in [-0.2, 0) is 11.2 Å². The van der Waals surface area contributed by atoms with E-state index in [-0.39, 0.29) is 28.2 Å². The number of amides is 1. The molecule has 1 aliphatic heterocycles. The maximum Gasteiger partial charge on any atom is 0.272 e. The number of hydrogen-bond donors (Lipinski definition) is 1. The third kappa shape index (κ3) is 5.12. The lowest BCUT2D eigenvalue weighted by atomic mass is 10.1. The van der Waals surface area contributed by atoms with Crippen LogP contribution in [0, 0.1) is 24.0 Å². The zero-order valence-corrected chi connectivity index (χ0v) is 20.0. The highest BCUT2D eigenvalue weighted by Gasteiger charge is 2.27. The van der Waals surface area contributed by atoms with Crippen LogP contribution in [0.2, 0.25) is 0 Å². The standard InChI is InChI=1S/C23H22N4O4S2/c1-13-8-14(2)10-18(9-13)26-22(29)21-19(11-15(3)33-21)25-23(26)32-12-20(28)24-16-4-6-17(7-5-16)27(30)31/h4-10,15H,11-12H2,1-3H3,(H,24,28). The zero-order chi connectivity index (χ0) is 23.7. The van der Waals surface area contributed by atoms with Crippen LogP contribution in [0.1, 0.15) is 23.7 Å². The summed E-state index contributed by atoms with van der Waals surface area (Å²) >= 11 is 2.73. The lowest BCUT2D eigenvalue weighted by Gasteiger charge is -2.15. The van der Waals surface area contributed by atoms with Gasteiger partial charge in [0.15, 0.2) is 5.16 Å². The van der Waals surface area contributed by atoms with E-state index in [2.05, 4.69) is 12.2 Å². The first-order valence-corrected chi connectivity index (χ1v) is 12.2. The van der Waals surface area contributed by atoms with Crippen LogP contribution in [0.25, 0.3) is 5.69 Å². The second-order valence-electron chi connectivity index (χ2n) is 7.93. The maximum atomic E-state index is 13.4. The molecule has 0 spiro atoms. The summed E-state index contributed by atoms with van der Waals surface area (Å²) in [5.41, 5.74) is 3.87. The summed E-state index contributed by atoms with van der Waals surface area (Å²) in [6.07, 6.45) is 0.714. The summed E-state index contributed by atoms with van der Waals surface area (Å²) < 4.78 is 1.59. The minimum absolute atomic E-state index is 0.0374. The molecule has 1 amide bonds. The van der Waals surface area contributed by atoms with Gasteiger partial charge in [0, 0.05) is 29.5 Å². The van der Waals surface area contributed by atoms with Gasteiger partial charge in [-0.05, 0) is 49.2 Å². The highest BCUT2D eigenvalue weighted by molar-refractivity contribution is 8.00. The minimum atomic E-state index is -0.494. The Kier molecular flexibility index (Phi) is 6.57. The predicted molar refractivity (Wildman–Crippen MR) is 131 cm³/mol. The van der Waals surface area contributed by atoms with Crippen molar-refractivity contribution in [1.82, 2.24) is 9.55 Å². The molecule has 0 saturated heterocycles. The monoisotopic (exact) mass is 482 g/mol. The third-order valence-corrected chi connectivity index (χ3v) is 7.19. The molecular weight excluding hydrogens is 460 g/mol. The normalized spacial score (nSPS) is 14.7. The molecule has 0 fully saturated rings. The fraction of sp³-hybridized carbons (Fsp3) is 0.261. The molecule has 8 nitrogen and oxygen atoms in total. The second-order valence-corrected chi connectivity index (χ2v) is 10.3. The molecule has 2 heterocycles. The number of carbonyl (C=O) groups is 1. The van der Waals surface area contributed by atoms with E-state index in [0.29, 0.717) is 22.2 Å². The Labute approximate surface area is 199 Å². The molecule has 1 aromatic heterocycles. The van der Waals surface area contributed by atoms with Crippen LogP contribution < -0.4 is 10.9 Å². The predicted octanol–water partition coefficient (Wildman–Crippen LogP) is 4.53. The number of nitrogens with zero attached hydrogens (tertiary/aromatic N) is 3. The molecule has 0 radical (unpaired) electrons. The summed E-state index contributed by atoms with van der Waals surface area (Å²) in [5.74, 6) is -0.256. The first kappa shape index (κ1) is 23.1. The van der Waals surface area contributed by atoms with E-state index in [1.54, 1.807) is 16.3 Å². The number of nitro groups is 1. The lowest BCUT2D eigenvalue weighted by Crippen LogP contribution is -2.25. The molecule has 1 aliphatic rings. The molecule has 1 N–H and O–H groups in total. The first-order chi connectivity index (χ1) is 15.7. The number of carbonyl (C=O) groups excluding carboxylic acids is 1. The van der Waals surface area contributed by atoms with E-state index in [9.17, 15) is 19.7 Å². The molecule has 1 unspecified atom stereocenters. The van der Waals surface area contributed by atoms with Crippen LogP contribution in [0.4, 0.5) is 11.4 Å². The SMILES string of the molecule is Cc1cc(C)cc(-n2c(SCC(=O)Nc3ccc([N+](=O)[O-])cc3)nc3c(c2=O)SC(C)C3)c1. The number of nitrogens with one attached hydrogen (secondary N) is 1. The molecule has 170 valence electrons. The minimum Gasteiger partial charge on any atom is -0.325 e. The van der Waals surface area contributed by atoms with Gasteiger partial charge in [-0.3, -0.25) is 24.3 Å². The molecule has 0 aliphatic carbocycles. The Morgan fingerprint density at radius 3 is 2.55 bits per heavy atom. The van der Waals surface area contributed by atoms with E-state index in [4.69, 9.17) is 4.98 Å². The average molecular weight is 483 g/mol. The number of non-ortho nitro benzene ring substituents is 1. The van der Waals surface area contributed by atoms with Gasteiger partial charge in [0.25, 0.3) is 11.2 Å². The van der Waals surface area contributed by atoms with E-state index in [1.165, 1.54) is 36.0 Å². The highest BCUT2D eigenvalue weighted by Crippen LogP contribution is 2.35. The summed E-state index contributed by atoms with van der Waals surface area (Å²) in [7, 11) is 0. The highest BCUT2D eigenvalue weighted by atomic mass is 32.2. The Bertz CT molecular complexity index is 1280. The van der Waals surface area contributed by atoms with Gasteiger partial charge in [-0.1, -0.05) is 24.8 Å². The van der Waals surface area contributed by atoms with E-state index >= 15 is 0 Å². The number of fused-ring (bicyclic) bond motifs is 1. The van der Waals surface area contributed by atoms with Crippen molar-refractivity contribution in [2.45, 2.75) is 42.5 Å². The van der Waals surface area contributed by atoms with Crippen molar-refractivity contribution in [2.24, 2.45) is 0 Å². The van der Waals surface area contributed by atoms with Crippen LogP contribution in [-0.4, -0.2) is 31.4 Å². The summed E-state index contributed by atoms with van der Waals surface area (Å²) in [5, 5.41) is 14.3. The summed E-state index contributed by atoms with van der Waals surface area (Å²) in [6, 6.07) is 11.6. The van der Waals surface area contributed by atoms with Gasteiger partial charge < -0.3 is 5.32 Å². The largest absolute Gasteiger partial charge is 0.325 e.